The summed E-state index contributed by atoms with van der Waals surface area (Å²) >= 11 is 0.981. The van der Waals surface area contributed by atoms with Crippen LogP contribution in [0.5, 0.6) is 0 Å². The highest BCUT2D eigenvalue weighted by Crippen LogP contribution is 2.17. The summed E-state index contributed by atoms with van der Waals surface area (Å²) in [5.74, 6) is -2.72. The average molecular weight is 446 g/mol. The van der Waals surface area contributed by atoms with Crippen molar-refractivity contribution in [3.8, 4) is 5.69 Å². The van der Waals surface area contributed by atoms with Gasteiger partial charge >= 0.3 is 0 Å². The van der Waals surface area contributed by atoms with Crippen LogP contribution in [0.1, 0.15) is 5.69 Å². The van der Waals surface area contributed by atoms with E-state index in [4.69, 9.17) is 0 Å². The van der Waals surface area contributed by atoms with Gasteiger partial charge in [-0.25, -0.2) is 13.5 Å². The zero-order valence-corrected chi connectivity index (χ0v) is 17.6. The van der Waals surface area contributed by atoms with E-state index in [-0.39, 0.29) is 28.4 Å². The van der Waals surface area contributed by atoms with Gasteiger partial charge in [-0.2, -0.15) is 0 Å². The summed E-state index contributed by atoms with van der Waals surface area (Å²) in [6, 6.07) is 11.7. The Labute approximate surface area is 181 Å². The van der Waals surface area contributed by atoms with E-state index in [1.54, 1.807) is 42.9 Å². The first-order valence-electron chi connectivity index (χ1n) is 9.24. The molecule has 7 nitrogen and oxygen atoms in total. The molecule has 0 atom stereocenters. The van der Waals surface area contributed by atoms with Gasteiger partial charge in [-0.3, -0.25) is 19.1 Å². The van der Waals surface area contributed by atoms with Crippen LogP contribution in [0, 0.1) is 18.6 Å². The van der Waals surface area contributed by atoms with E-state index in [1.165, 1.54) is 4.68 Å². The normalized spacial score (nSPS) is 10.7. The highest BCUT2D eigenvalue weighted by molar-refractivity contribution is 8.00. The molecule has 3 rings (SSSR count). The highest BCUT2D eigenvalue weighted by atomic mass is 32.2. The van der Waals surface area contributed by atoms with Crippen molar-refractivity contribution < 1.29 is 18.4 Å². The Morgan fingerprint density at radius 3 is 2.32 bits per heavy atom. The van der Waals surface area contributed by atoms with Crippen LogP contribution in [-0.4, -0.2) is 32.7 Å². The molecule has 0 saturated carbocycles. The number of hydrogen-bond acceptors (Lipinski definition) is 4. The number of hydrogen-bond donors (Lipinski definition) is 2. The van der Waals surface area contributed by atoms with Crippen molar-refractivity contribution in [3.63, 3.8) is 0 Å². The molecule has 1 heterocycles. The first-order valence-corrected chi connectivity index (χ1v) is 10.4. The molecular weight excluding hydrogens is 426 g/mol. The van der Waals surface area contributed by atoms with Crippen molar-refractivity contribution in [1.82, 2.24) is 9.36 Å². The van der Waals surface area contributed by atoms with Gasteiger partial charge in [0.25, 0.3) is 5.56 Å². The molecule has 31 heavy (non-hydrogen) atoms. The largest absolute Gasteiger partial charge is 0.323 e. The second kappa shape index (κ2) is 9.61. The van der Waals surface area contributed by atoms with E-state index in [2.05, 4.69) is 10.6 Å². The maximum Gasteiger partial charge on any atom is 0.295 e. The summed E-state index contributed by atoms with van der Waals surface area (Å²) in [6.45, 7) is 1.71. The highest BCUT2D eigenvalue weighted by Gasteiger charge is 2.18. The Kier molecular flexibility index (Phi) is 6.91. The molecule has 0 aliphatic carbocycles. The van der Waals surface area contributed by atoms with Gasteiger partial charge in [0.15, 0.2) is 0 Å². The number of thioether (sulfide) groups is 1. The van der Waals surface area contributed by atoms with E-state index in [0.717, 1.165) is 30.0 Å². The number of nitrogens with one attached hydrogen (secondary N) is 2. The monoisotopic (exact) mass is 446 g/mol. The lowest BCUT2D eigenvalue weighted by atomic mass is 10.3. The van der Waals surface area contributed by atoms with Gasteiger partial charge in [-0.05, 0) is 31.2 Å². The summed E-state index contributed by atoms with van der Waals surface area (Å²) in [5.41, 5.74) is 0.754. The zero-order valence-electron chi connectivity index (χ0n) is 16.8. The summed E-state index contributed by atoms with van der Waals surface area (Å²) in [4.78, 5) is 37.0. The summed E-state index contributed by atoms with van der Waals surface area (Å²) in [6.07, 6.45) is 0. The fourth-order valence-corrected chi connectivity index (χ4v) is 3.52. The molecule has 10 heteroatoms. The molecule has 2 aromatic carbocycles. The number of anilines is 2. The predicted octanol–water partition coefficient (Wildman–Crippen LogP) is 3.07. The van der Waals surface area contributed by atoms with Crippen LogP contribution in [0.3, 0.4) is 0 Å². The molecule has 3 aromatic rings. The third kappa shape index (κ3) is 5.21. The molecule has 162 valence electrons. The lowest BCUT2D eigenvalue weighted by Gasteiger charge is -2.07. The number of nitrogens with zero attached hydrogens (tertiary/aromatic N) is 2. The third-order valence-electron chi connectivity index (χ3n) is 4.49. The summed E-state index contributed by atoms with van der Waals surface area (Å²) in [7, 11) is 1.71. The fraction of sp³-hybridized carbons (Fsp3) is 0.190. The molecule has 0 spiro atoms. The maximum absolute atomic E-state index is 13.6. The van der Waals surface area contributed by atoms with E-state index in [9.17, 15) is 23.2 Å². The van der Waals surface area contributed by atoms with Gasteiger partial charge in [0.05, 0.1) is 28.6 Å². The molecule has 2 N–H and O–H groups in total. The van der Waals surface area contributed by atoms with Crippen molar-refractivity contribution >= 4 is 35.0 Å². The van der Waals surface area contributed by atoms with Gasteiger partial charge in [-0.1, -0.05) is 18.2 Å². The van der Waals surface area contributed by atoms with Crippen LogP contribution in [0.25, 0.3) is 5.69 Å². The number of carbonyl (C=O) groups is 2. The minimum Gasteiger partial charge on any atom is -0.323 e. The van der Waals surface area contributed by atoms with Crippen molar-refractivity contribution in [1.29, 1.82) is 0 Å². The van der Waals surface area contributed by atoms with Gasteiger partial charge in [-0.15, -0.1) is 11.8 Å². The van der Waals surface area contributed by atoms with E-state index < -0.39 is 23.4 Å². The lowest BCUT2D eigenvalue weighted by Crippen LogP contribution is -2.24. The molecule has 2 amide bonds. The minimum atomic E-state index is -0.758. The van der Waals surface area contributed by atoms with E-state index in [0.29, 0.717) is 11.4 Å². The Hall–Kier alpha value is -3.40. The van der Waals surface area contributed by atoms with Gasteiger partial charge in [0.1, 0.15) is 17.3 Å². The van der Waals surface area contributed by atoms with Gasteiger partial charge < -0.3 is 10.6 Å². The number of carbonyl (C=O) groups excluding carboxylic acids is 2. The first-order chi connectivity index (χ1) is 14.8. The Morgan fingerprint density at radius 2 is 1.65 bits per heavy atom. The molecule has 0 saturated heterocycles. The standard InChI is InChI=1S/C21H20F2N4O3S/c1-13-20(21(30)27(26(13)2)15-6-4-3-5-7-15)25-19(29)12-31-11-18(28)24-17-10-14(22)8-9-16(17)23/h3-10H,11-12H2,1-2H3,(H,24,28)(H,25,29). The average Bonchev–Trinajstić information content (AvgIpc) is 2.94. The third-order valence-corrected chi connectivity index (χ3v) is 5.42. The Morgan fingerprint density at radius 1 is 1.00 bits per heavy atom. The second-order valence-corrected chi connectivity index (χ2v) is 7.64. The van der Waals surface area contributed by atoms with Crippen LogP contribution in [0.2, 0.25) is 0 Å². The predicted molar refractivity (Wildman–Crippen MR) is 117 cm³/mol. The smallest absolute Gasteiger partial charge is 0.295 e. The van der Waals surface area contributed by atoms with Crippen LogP contribution in [0.4, 0.5) is 20.2 Å². The number of benzene rings is 2. The van der Waals surface area contributed by atoms with Crippen molar-refractivity contribution in [2.45, 2.75) is 6.92 Å². The van der Waals surface area contributed by atoms with E-state index >= 15 is 0 Å². The number of halogens is 2. The molecular formula is C21H20F2N4O3S. The minimum absolute atomic E-state index is 0.0990. The summed E-state index contributed by atoms with van der Waals surface area (Å²) < 4.78 is 29.8. The molecule has 0 radical (unpaired) electrons. The molecule has 1 aromatic heterocycles. The number of aromatic nitrogens is 2. The second-order valence-electron chi connectivity index (χ2n) is 6.65. The number of rotatable bonds is 7. The van der Waals surface area contributed by atoms with Crippen molar-refractivity contribution in [3.05, 3.63) is 76.2 Å². The number of para-hydroxylation sites is 1. The van der Waals surface area contributed by atoms with Crippen LogP contribution >= 0.6 is 11.8 Å². The molecule has 0 unspecified atom stereocenters. The fourth-order valence-electron chi connectivity index (χ4n) is 2.90. The Bertz CT molecular complexity index is 1180. The molecule has 0 aliphatic rings. The van der Waals surface area contributed by atoms with Crippen molar-refractivity contribution in [2.75, 3.05) is 22.1 Å². The summed E-state index contributed by atoms with van der Waals surface area (Å²) in [5, 5.41) is 4.85. The quantitative estimate of drug-likeness (QED) is 0.584. The van der Waals surface area contributed by atoms with Crippen LogP contribution < -0.4 is 16.2 Å². The Balaban J connectivity index is 1.58. The maximum atomic E-state index is 13.6. The molecule has 0 bridgehead atoms. The van der Waals surface area contributed by atoms with Crippen LogP contribution in [-0.2, 0) is 16.6 Å². The van der Waals surface area contributed by atoms with Gasteiger partial charge in [0.2, 0.25) is 11.8 Å². The molecule has 0 aliphatic heterocycles. The van der Waals surface area contributed by atoms with Gasteiger partial charge in [0, 0.05) is 13.1 Å². The topological polar surface area (TPSA) is 85.1 Å². The van der Waals surface area contributed by atoms with E-state index in [1.807, 2.05) is 6.07 Å². The lowest BCUT2D eigenvalue weighted by molar-refractivity contribution is -0.114. The number of amides is 2. The first kappa shape index (κ1) is 22.3. The van der Waals surface area contributed by atoms with Crippen molar-refractivity contribution in [2.24, 2.45) is 7.05 Å². The SMILES string of the molecule is Cc1c(NC(=O)CSCC(=O)Nc2cc(F)ccc2F)c(=O)n(-c2ccccc2)n1C. The zero-order chi connectivity index (χ0) is 22.5. The molecule has 0 fully saturated rings. The van der Waals surface area contributed by atoms with Crippen LogP contribution in [0.15, 0.2) is 53.3 Å².